The minimum atomic E-state index is -3.67. The lowest BCUT2D eigenvalue weighted by atomic mass is 9.97. The number of likely N-dealkylation sites (tertiary alicyclic amines) is 1. The van der Waals surface area contributed by atoms with Crippen LogP contribution in [0.1, 0.15) is 28.8 Å². The van der Waals surface area contributed by atoms with Crippen molar-refractivity contribution in [3.8, 4) is 0 Å². The molecule has 0 radical (unpaired) electrons. The minimum Gasteiger partial charge on any atom is -0.472 e. The number of piperidine rings is 1. The second-order valence-electron chi connectivity index (χ2n) is 6.51. The van der Waals surface area contributed by atoms with E-state index in [2.05, 4.69) is 4.72 Å². The highest BCUT2D eigenvalue weighted by Crippen LogP contribution is 2.20. The van der Waals surface area contributed by atoms with Crippen molar-refractivity contribution in [1.82, 2.24) is 9.62 Å². The van der Waals surface area contributed by atoms with E-state index in [1.165, 1.54) is 31.6 Å². The lowest BCUT2D eigenvalue weighted by molar-refractivity contribution is 0.0691. The molecule has 0 aliphatic carbocycles. The highest BCUT2D eigenvalue weighted by Gasteiger charge is 2.25. The number of nitrogens with one attached hydrogen (secondary N) is 1. The molecule has 2 aromatic rings. The number of benzene rings is 1. The third-order valence-electron chi connectivity index (χ3n) is 4.67. The normalized spacial score (nSPS) is 16.0. The number of nitrogens with zero attached hydrogens (tertiary/aromatic N) is 1. The molecule has 0 atom stereocenters. The summed E-state index contributed by atoms with van der Waals surface area (Å²) in [7, 11) is -3.67. The first kappa shape index (κ1) is 18.6. The van der Waals surface area contributed by atoms with E-state index < -0.39 is 15.8 Å². The Morgan fingerprint density at radius 3 is 2.65 bits per heavy atom. The van der Waals surface area contributed by atoms with Gasteiger partial charge in [0.2, 0.25) is 10.0 Å². The first-order valence-corrected chi connectivity index (χ1v) is 9.92. The average molecular weight is 380 g/mol. The maximum atomic E-state index is 13.3. The minimum absolute atomic E-state index is 0.0592. The van der Waals surface area contributed by atoms with Crippen LogP contribution in [0.15, 0.2) is 46.1 Å². The molecule has 2 heterocycles. The summed E-state index contributed by atoms with van der Waals surface area (Å²) >= 11 is 0. The summed E-state index contributed by atoms with van der Waals surface area (Å²) in [5.74, 6) is -0.349. The van der Waals surface area contributed by atoms with Crippen molar-refractivity contribution in [2.45, 2.75) is 24.7 Å². The standard InChI is InChI=1S/C18H21FN2O4S/c1-13-10-16(2-3-17(13)19)26(23,24)20-11-14-4-7-21(8-5-14)18(22)15-6-9-25-12-15/h2-3,6,9-10,12,14,20H,4-5,7-8,11H2,1H3. The molecular formula is C18H21FN2O4S. The number of hydrogen-bond donors (Lipinski definition) is 1. The van der Waals surface area contributed by atoms with Crippen LogP contribution in [0.3, 0.4) is 0 Å². The zero-order valence-corrected chi connectivity index (χ0v) is 15.3. The summed E-state index contributed by atoms with van der Waals surface area (Å²) < 4.78 is 45.6. The Morgan fingerprint density at radius 2 is 2.04 bits per heavy atom. The van der Waals surface area contributed by atoms with Crippen molar-refractivity contribution < 1.29 is 22.0 Å². The Bertz CT molecular complexity index is 873. The molecule has 0 saturated carbocycles. The Hall–Kier alpha value is -2.19. The molecule has 3 rings (SSSR count). The Labute approximate surface area is 152 Å². The SMILES string of the molecule is Cc1cc(S(=O)(=O)NCC2CCN(C(=O)c3ccoc3)CC2)ccc1F. The highest BCUT2D eigenvalue weighted by atomic mass is 32.2. The topological polar surface area (TPSA) is 79.6 Å². The number of carbonyl (C=O) groups is 1. The van der Waals surface area contributed by atoms with Gasteiger partial charge in [-0.1, -0.05) is 0 Å². The van der Waals surface area contributed by atoms with E-state index in [1.807, 2.05) is 0 Å². The van der Waals surface area contributed by atoms with Gasteiger partial charge in [0.15, 0.2) is 0 Å². The molecule has 1 saturated heterocycles. The van der Waals surface area contributed by atoms with Crippen LogP contribution in [0.5, 0.6) is 0 Å². The predicted molar refractivity (Wildman–Crippen MR) is 93.7 cm³/mol. The van der Waals surface area contributed by atoms with E-state index >= 15 is 0 Å². The molecule has 26 heavy (non-hydrogen) atoms. The molecule has 1 N–H and O–H groups in total. The van der Waals surface area contributed by atoms with Gasteiger partial charge in [-0.25, -0.2) is 17.5 Å². The van der Waals surface area contributed by atoms with Crippen molar-refractivity contribution in [2.75, 3.05) is 19.6 Å². The third kappa shape index (κ3) is 4.13. The lowest BCUT2D eigenvalue weighted by Gasteiger charge is -2.31. The monoisotopic (exact) mass is 380 g/mol. The second-order valence-corrected chi connectivity index (χ2v) is 8.28. The van der Waals surface area contributed by atoms with Crippen LogP contribution in [-0.2, 0) is 10.0 Å². The van der Waals surface area contributed by atoms with E-state index in [1.54, 1.807) is 11.0 Å². The largest absolute Gasteiger partial charge is 0.472 e. The molecule has 1 aromatic heterocycles. The van der Waals surface area contributed by atoms with E-state index in [0.717, 1.165) is 6.07 Å². The molecule has 1 aromatic carbocycles. The number of rotatable bonds is 5. The van der Waals surface area contributed by atoms with Crippen molar-refractivity contribution in [2.24, 2.45) is 5.92 Å². The number of sulfonamides is 1. The lowest BCUT2D eigenvalue weighted by Crippen LogP contribution is -2.41. The molecule has 0 unspecified atom stereocenters. The van der Waals surface area contributed by atoms with Gasteiger partial charge in [0, 0.05) is 19.6 Å². The van der Waals surface area contributed by atoms with Crippen molar-refractivity contribution in [3.05, 3.63) is 53.7 Å². The van der Waals surface area contributed by atoms with Crippen LogP contribution in [0, 0.1) is 18.7 Å². The van der Waals surface area contributed by atoms with Gasteiger partial charge in [-0.3, -0.25) is 4.79 Å². The first-order chi connectivity index (χ1) is 12.4. The summed E-state index contributed by atoms with van der Waals surface area (Å²) in [6.07, 6.45) is 4.32. The van der Waals surface area contributed by atoms with Gasteiger partial charge in [-0.2, -0.15) is 0 Å². The molecule has 1 aliphatic rings. The summed E-state index contributed by atoms with van der Waals surface area (Å²) in [6, 6.07) is 5.37. The van der Waals surface area contributed by atoms with Gasteiger partial charge >= 0.3 is 0 Å². The van der Waals surface area contributed by atoms with E-state index in [0.29, 0.717) is 43.6 Å². The molecule has 1 amide bonds. The average Bonchev–Trinajstić information content (AvgIpc) is 3.17. The van der Waals surface area contributed by atoms with E-state index in [4.69, 9.17) is 4.42 Å². The third-order valence-corrected chi connectivity index (χ3v) is 6.09. The van der Waals surface area contributed by atoms with Crippen LogP contribution in [0.25, 0.3) is 0 Å². The van der Waals surface area contributed by atoms with Gasteiger partial charge in [0.1, 0.15) is 12.1 Å². The maximum Gasteiger partial charge on any atom is 0.257 e. The fourth-order valence-corrected chi connectivity index (χ4v) is 4.21. The van der Waals surface area contributed by atoms with Crippen molar-refractivity contribution in [3.63, 3.8) is 0 Å². The predicted octanol–water partition coefficient (Wildman–Crippen LogP) is 2.56. The number of aryl methyl sites for hydroxylation is 1. The van der Waals surface area contributed by atoms with Gasteiger partial charge in [-0.05, 0) is 55.5 Å². The summed E-state index contributed by atoms with van der Waals surface area (Å²) in [5, 5.41) is 0. The maximum absolute atomic E-state index is 13.3. The first-order valence-electron chi connectivity index (χ1n) is 8.44. The number of halogens is 1. The number of furan rings is 1. The number of carbonyl (C=O) groups excluding carboxylic acids is 1. The fourth-order valence-electron chi connectivity index (χ4n) is 3.00. The molecule has 140 valence electrons. The van der Waals surface area contributed by atoms with Gasteiger partial charge < -0.3 is 9.32 Å². The van der Waals surface area contributed by atoms with Gasteiger partial charge in [-0.15, -0.1) is 0 Å². The summed E-state index contributed by atoms with van der Waals surface area (Å²) in [5.41, 5.74) is 0.815. The van der Waals surface area contributed by atoms with Crippen LogP contribution >= 0.6 is 0 Å². The van der Waals surface area contributed by atoms with E-state index in [9.17, 15) is 17.6 Å². The molecule has 6 nitrogen and oxygen atoms in total. The van der Waals surface area contributed by atoms with Crippen LogP contribution < -0.4 is 4.72 Å². The molecule has 1 aliphatic heterocycles. The number of hydrogen-bond acceptors (Lipinski definition) is 4. The zero-order valence-electron chi connectivity index (χ0n) is 14.4. The van der Waals surface area contributed by atoms with Gasteiger partial charge in [0.25, 0.3) is 5.91 Å². The van der Waals surface area contributed by atoms with Crippen molar-refractivity contribution >= 4 is 15.9 Å². The molecule has 1 fully saturated rings. The van der Waals surface area contributed by atoms with E-state index in [-0.39, 0.29) is 16.7 Å². The van der Waals surface area contributed by atoms with Crippen LogP contribution in [0.2, 0.25) is 0 Å². The fraction of sp³-hybridized carbons (Fsp3) is 0.389. The zero-order chi connectivity index (χ0) is 18.7. The summed E-state index contributed by atoms with van der Waals surface area (Å²) in [4.78, 5) is 14.1. The van der Waals surface area contributed by atoms with Crippen LogP contribution in [0.4, 0.5) is 4.39 Å². The highest BCUT2D eigenvalue weighted by molar-refractivity contribution is 7.89. The Morgan fingerprint density at radius 1 is 1.31 bits per heavy atom. The smallest absolute Gasteiger partial charge is 0.257 e. The number of amides is 1. The quantitative estimate of drug-likeness (QED) is 0.865. The molecule has 0 bridgehead atoms. The molecule has 0 spiro atoms. The van der Waals surface area contributed by atoms with Gasteiger partial charge in [0.05, 0.1) is 16.7 Å². The van der Waals surface area contributed by atoms with Crippen molar-refractivity contribution in [1.29, 1.82) is 0 Å². The summed E-state index contributed by atoms with van der Waals surface area (Å²) in [6.45, 7) is 2.98. The Kier molecular flexibility index (Phi) is 5.43. The molecule has 8 heteroatoms. The van der Waals surface area contributed by atoms with Crippen LogP contribution in [-0.4, -0.2) is 38.9 Å². The molecular weight excluding hydrogens is 359 g/mol. The second kappa shape index (κ2) is 7.59. The Balaban J connectivity index is 1.53.